The first-order chi connectivity index (χ1) is 9.36. The van der Waals surface area contributed by atoms with Crippen LogP contribution in [0.2, 0.25) is 0 Å². The Morgan fingerprint density at radius 2 is 1.30 bits per heavy atom. The fourth-order valence-electron chi connectivity index (χ4n) is 1.65. The molecule has 1 aromatic rings. The summed E-state index contributed by atoms with van der Waals surface area (Å²) in [5.74, 6) is -10.5. The molecule has 114 valence electrons. The number of hydrogen-bond donors (Lipinski definition) is 0. The highest BCUT2D eigenvalue weighted by Gasteiger charge is 2.33. The van der Waals surface area contributed by atoms with Crippen LogP contribution < -0.4 is 0 Å². The van der Waals surface area contributed by atoms with Crippen LogP contribution in [0.1, 0.15) is 38.9 Å². The Morgan fingerprint density at radius 3 is 1.70 bits per heavy atom. The SMILES string of the molecule is CCOOC(c1c(F)c(F)c(F)c(F)c1F)C(C)CC. The molecular weight excluding hydrogens is 283 g/mol. The van der Waals surface area contributed by atoms with Gasteiger partial charge >= 0.3 is 0 Å². The topological polar surface area (TPSA) is 18.5 Å². The quantitative estimate of drug-likeness (QED) is 0.254. The van der Waals surface area contributed by atoms with Crippen molar-refractivity contribution in [3.05, 3.63) is 34.6 Å². The third kappa shape index (κ3) is 3.09. The lowest BCUT2D eigenvalue weighted by Gasteiger charge is -2.23. The highest BCUT2D eigenvalue weighted by molar-refractivity contribution is 5.26. The van der Waals surface area contributed by atoms with Gasteiger partial charge in [-0.15, -0.1) is 0 Å². The largest absolute Gasteiger partial charge is 0.236 e. The van der Waals surface area contributed by atoms with Gasteiger partial charge in [0.15, 0.2) is 23.3 Å². The zero-order valence-electron chi connectivity index (χ0n) is 11.3. The summed E-state index contributed by atoms with van der Waals surface area (Å²) in [6.07, 6.45) is -0.985. The van der Waals surface area contributed by atoms with E-state index >= 15 is 0 Å². The Bertz CT molecular complexity index is 449. The van der Waals surface area contributed by atoms with Gasteiger partial charge < -0.3 is 0 Å². The molecule has 0 bridgehead atoms. The fourth-order valence-corrected chi connectivity index (χ4v) is 1.65. The van der Waals surface area contributed by atoms with E-state index in [0.29, 0.717) is 6.42 Å². The van der Waals surface area contributed by atoms with Crippen LogP contribution >= 0.6 is 0 Å². The van der Waals surface area contributed by atoms with E-state index in [-0.39, 0.29) is 6.61 Å². The van der Waals surface area contributed by atoms with Crippen LogP contribution in [0.3, 0.4) is 0 Å². The van der Waals surface area contributed by atoms with E-state index in [0.717, 1.165) is 0 Å². The number of halogens is 5. The maximum atomic E-state index is 13.7. The highest BCUT2D eigenvalue weighted by Crippen LogP contribution is 2.35. The number of hydrogen-bond acceptors (Lipinski definition) is 2. The van der Waals surface area contributed by atoms with E-state index in [9.17, 15) is 22.0 Å². The maximum Gasteiger partial charge on any atom is 0.200 e. The molecule has 0 aliphatic carbocycles. The van der Waals surface area contributed by atoms with Gasteiger partial charge in [0.1, 0.15) is 6.10 Å². The van der Waals surface area contributed by atoms with Crippen LogP contribution in [0, 0.1) is 35.0 Å². The van der Waals surface area contributed by atoms with Gasteiger partial charge in [-0.1, -0.05) is 20.3 Å². The Balaban J connectivity index is 3.39. The zero-order valence-corrected chi connectivity index (χ0v) is 11.3. The molecule has 2 nitrogen and oxygen atoms in total. The predicted octanol–water partition coefficient (Wildman–Crippen LogP) is 4.44. The van der Waals surface area contributed by atoms with Gasteiger partial charge in [0.05, 0.1) is 12.2 Å². The Hall–Kier alpha value is -1.21. The van der Waals surface area contributed by atoms with Crippen molar-refractivity contribution in [2.24, 2.45) is 5.92 Å². The molecule has 0 N–H and O–H groups in total. The minimum Gasteiger partial charge on any atom is -0.236 e. The average molecular weight is 298 g/mol. The average Bonchev–Trinajstić information content (AvgIpc) is 2.45. The Morgan fingerprint density at radius 1 is 0.850 bits per heavy atom. The van der Waals surface area contributed by atoms with Crippen molar-refractivity contribution >= 4 is 0 Å². The van der Waals surface area contributed by atoms with E-state index in [1.54, 1.807) is 20.8 Å². The summed E-state index contributed by atoms with van der Waals surface area (Å²) in [5, 5.41) is 0. The van der Waals surface area contributed by atoms with E-state index in [2.05, 4.69) is 4.89 Å². The summed E-state index contributed by atoms with van der Waals surface area (Å²) in [6.45, 7) is 4.88. The first-order valence-electron chi connectivity index (χ1n) is 6.16. The zero-order chi connectivity index (χ0) is 15.4. The summed E-state index contributed by atoms with van der Waals surface area (Å²) < 4.78 is 66.8. The molecule has 1 aromatic carbocycles. The Kier molecular flexibility index (Phi) is 5.88. The minimum atomic E-state index is -2.19. The van der Waals surface area contributed by atoms with Gasteiger partial charge in [0.25, 0.3) is 0 Å². The molecule has 0 aromatic heterocycles. The van der Waals surface area contributed by atoms with Crippen molar-refractivity contribution in [2.75, 3.05) is 6.61 Å². The van der Waals surface area contributed by atoms with Gasteiger partial charge in [-0.05, 0) is 12.8 Å². The molecule has 0 saturated carbocycles. The van der Waals surface area contributed by atoms with Crippen molar-refractivity contribution in [3.63, 3.8) is 0 Å². The molecule has 2 atom stereocenters. The van der Waals surface area contributed by atoms with Crippen molar-refractivity contribution < 1.29 is 31.7 Å². The van der Waals surface area contributed by atoms with Crippen LogP contribution in [0.4, 0.5) is 22.0 Å². The minimum absolute atomic E-state index is 0.0718. The second kappa shape index (κ2) is 6.99. The highest BCUT2D eigenvalue weighted by atomic mass is 19.2. The summed E-state index contributed by atoms with van der Waals surface area (Å²) in [6, 6.07) is 0. The Labute approximate surface area is 113 Å². The lowest BCUT2D eigenvalue weighted by Crippen LogP contribution is -2.19. The third-order valence-electron chi connectivity index (χ3n) is 2.98. The molecule has 1 rings (SSSR count). The van der Waals surface area contributed by atoms with Gasteiger partial charge in [-0.25, -0.2) is 31.7 Å². The van der Waals surface area contributed by atoms with Crippen LogP contribution in [0.5, 0.6) is 0 Å². The van der Waals surface area contributed by atoms with E-state index in [4.69, 9.17) is 4.89 Å². The molecule has 0 amide bonds. The number of rotatable bonds is 6. The molecule has 0 heterocycles. The van der Waals surface area contributed by atoms with E-state index in [1.165, 1.54) is 0 Å². The molecule has 0 aliphatic rings. The standard InChI is InChI=1S/C13H15F5O2/c1-4-6(3)13(20-19-5-2)7-8(14)10(16)12(18)11(17)9(7)15/h6,13H,4-5H2,1-3H3. The predicted molar refractivity (Wildman–Crippen MR) is 61.1 cm³/mol. The van der Waals surface area contributed by atoms with Gasteiger partial charge in [0.2, 0.25) is 5.82 Å². The lowest BCUT2D eigenvalue weighted by atomic mass is 9.94. The second-order valence-corrected chi connectivity index (χ2v) is 4.29. The smallest absolute Gasteiger partial charge is 0.200 e. The van der Waals surface area contributed by atoms with Gasteiger partial charge in [-0.2, -0.15) is 0 Å². The molecule has 7 heteroatoms. The summed E-state index contributed by atoms with van der Waals surface area (Å²) in [5.41, 5.74) is -1.01. The van der Waals surface area contributed by atoms with Crippen molar-refractivity contribution in [1.82, 2.24) is 0 Å². The van der Waals surface area contributed by atoms with Crippen LogP contribution in [0.25, 0.3) is 0 Å². The molecular formula is C13H15F5O2. The van der Waals surface area contributed by atoms with E-state index < -0.39 is 46.7 Å². The molecule has 0 radical (unpaired) electrons. The molecule has 0 aliphatic heterocycles. The first-order valence-corrected chi connectivity index (χ1v) is 6.16. The monoisotopic (exact) mass is 298 g/mol. The van der Waals surface area contributed by atoms with Gasteiger partial charge in [-0.3, -0.25) is 0 Å². The van der Waals surface area contributed by atoms with Gasteiger partial charge in [0, 0.05) is 0 Å². The third-order valence-corrected chi connectivity index (χ3v) is 2.98. The number of benzene rings is 1. The molecule has 0 saturated heterocycles. The van der Waals surface area contributed by atoms with Crippen molar-refractivity contribution in [1.29, 1.82) is 0 Å². The summed E-state index contributed by atoms with van der Waals surface area (Å²) in [4.78, 5) is 9.43. The van der Waals surface area contributed by atoms with Crippen molar-refractivity contribution in [3.8, 4) is 0 Å². The molecule has 20 heavy (non-hydrogen) atoms. The van der Waals surface area contributed by atoms with Crippen LogP contribution in [0.15, 0.2) is 0 Å². The fraction of sp³-hybridized carbons (Fsp3) is 0.538. The van der Waals surface area contributed by atoms with Crippen LogP contribution in [-0.4, -0.2) is 6.61 Å². The molecule has 2 unspecified atom stereocenters. The summed E-state index contributed by atoms with van der Waals surface area (Å²) >= 11 is 0. The molecule has 0 fully saturated rings. The molecule has 0 spiro atoms. The first kappa shape index (κ1) is 16.8. The van der Waals surface area contributed by atoms with Crippen molar-refractivity contribution in [2.45, 2.75) is 33.3 Å². The van der Waals surface area contributed by atoms with Crippen LogP contribution in [-0.2, 0) is 9.78 Å². The second-order valence-electron chi connectivity index (χ2n) is 4.29. The maximum absolute atomic E-state index is 13.7. The lowest BCUT2D eigenvalue weighted by molar-refractivity contribution is -0.334. The van der Waals surface area contributed by atoms with E-state index in [1.807, 2.05) is 0 Å². The summed E-state index contributed by atoms with van der Waals surface area (Å²) in [7, 11) is 0. The normalized spacial score (nSPS) is 14.4.